The first-order valence-corrected chi connectivity index (χ1v) is 30.4. The molecule has 0 amide bonds. The quantitative estimate of drug-likeness (QED) is 0.0818. The molecular weight excluding hydrogens is 1010 g/mol. The molecule has 0 bridgehead atoms. The average Bonchev–Trinajstić information content (AvgIpc) is 2.06. The molecule has 0 aliphatic rings. The molecule has 4 heteroatoms. The molecule has 0 aliphatic heterocycles. The van der Waals surface area contributed by atoms with Crippen LogP contribution in [-0.2, 0) is 0 Å². The van der Waals surface area contributed by atoms with E-state index in [4.69, 9.17) is 0 Å². The molecule has 0 saturated heterocycles. The highest BCUT2D eigenvalue weighted by atomic mass is 28.3. The Kier molecular flexibility index (Phi) is 10.3. The summed E-state index contributed by atoms with van der Waals surface area (Å²) in [6.45, 7) is 0. The van der Waals surface area contributed by atoms with Gasteiger partial charge in [0.2, 0.25) is 0 Å². The van der Waals surface area contributed by atoms with Gasteiger partial charge in [-0.3, -0.25) is 0 Å². The van der Waals surface area contributed by atoms with E-state index in [0.29, 0.717) is 0 Å². The predicted molar refractivity (Wildman–Crippen MR) is 351 cm³/mol. The number of fused-ring (bicyclic) bond motifs is 16. The molecule has 0 unspecified atom stereocenters. The lowest BCUT2D eigenvalue weighted by Gasteiger charge is -2.34. The van der Waals surface area contributed by atoms with Crippen LogP contribution in [0.3, 0.4) is 0 Å². The van der Waals surface area contributed by atoms with Crippen molar-refractivity contribution in [2.24, 2.45) is 0 Å². The Morgan fingerprint density at radius 2 is 0.512 bits per heavy atom. The molecule has 0 radical (unpaired) electrons. The first-order chi connectivity index (χ1) is 40.7. The summed E-state index contributed by atoms with van der Waals surface area (Å²) >= 11 is 0. The van der Waals surface area contributed by atoms with Gasteiger partial charge < -0.3 is 13.7 Å². The first-order valence-electron chi connectivity index (χ1n) is 28.4. The third kappa shape index (κ3) is 6.76. The number of nitrogens with zero attached hydrogens (tertiary/aromatic N) is 3. The Balaban J connectivity index is 0.905. The fourth-order valence-electron chi connectivity index (χ4n) is 14.3. The molecule has 0 saturated carbocycles. The van der Waals surface area contributed by atoms with E-state index in [-0.39, 0.29) is 0 Å². The van der Waals surface area contributed by atoms with Crippen molar-refractivity contribution in [1.29, 1.82) is 0 Å². The minimum atomic E-state index is -2.87. The van der Waals surface area contributed by atoms with Crippen LogP contribution in [0.4, 0.5) is 0 Å². The third-order valence-corrected chi connectivity index (χ3v) is 22.6. The summed E-state index contributed by atoms with van der Waals surface area (Å²) in [5, 5.41) is 20.4. The van der Waals surface area contributed by atoms with E-state index in [0.717, 1.165) is 22.6 Å². The van der Waals surface area contributed by atoms with Gasteiger partial charge in [-0.15, -0.1) is 0 Å². The molecule has 3 aromatic heterocycles. The summed E-state index contributed by atoms with van der Waals surface area (Å²) in [5.41, 5.74) is 12.9. The van der Waals surface area contributed by atoms with E-state index in [2.05, 4.69) is 323 Å². The van der Waals surface area contributed by atoms with Crippen LogP contribution in [0.1, 0.15) is 0 Å². The molecule has 82 heavy (non-hydrogen) atoms. The Hall–Kier alpha value is -10.5. The lowest BCUT2D eigenvalue weighted by atomic mass is 9.92. The number of aromatic nitrogens is 3. The van der Waals surface area contributed by atoms with Crippen LogP contribution in [-0.4, -0.2) is 21.8 Å². The number of para-hydroxylation sites is 3. The van der Waals surface area contributed by atoms with Crippen molar-refractivity contribution in [2.75, 3.05) is 0 Å². The van der Waals surface area contributed by atoms with Gasteiger partial charge >= 0.3 is 0 Å². The van der Waals surface area contributed by atoms with E-state index < -0.39 is 8.07 Å². The maximum atomic E-state index is 2.52. The third-order valence-electron chi connectivity index (χ3n) is 17.8. The highest BCUT2D eigenvalue weighted by Gasteiger charge is 2.41. The first kappa shape index (κ1) is 46.4. The number of rotatable bonds is 8. The summed E-state index contributed by atoms with van der Waals surface area (Å²) in [7, 11) is -2.87. The normalized spacial score (nSPS) is 12.1. The van der Waals surface area contributed by atoms with E-state index >= 15 is 0 Å². The van der Waals surface area contributed by atoms with Gasteiger partial charge in [-0.1, -0.05) is 237 Å². The topological polar surface area (TPSA) is 14.8 Å². The summed E-state index contributed by atoms with van der Waals surface area (Å²) < 4.78 is 7.44. The minimum absolute atomic E-state index is 1.12. The molecule has 0 fully saturated rings. The van der Waals surface area contributed by atoms with Gasteiger partial charge in [0, 0.05) is 54.8 Å². The van der Waals surface area contributed by atoms with Gasteiger partial charge in [-0.05, 0) is 132 Å². The standard InChI is InChI=1S/C78H51N3Si/c1-4-20-52(21-5-1)53-36-42-59(43-37-53)82(57-22-6-2-7-23-57,58-24-8-3-9-25-58)60-44-38-54(39-45-60)79-75-48-41-56(51-70(75)78-76(79)49-46-68-63-28-11-10-26-61(63)62-27-12-13-32-67(62)77(68)78)81-73-35-19-16-31-66(73)69-50-55(40-47-74(69)81)80-71-33-17-14-29-64(71)65-30-15-18-34-72(65)80/h1-51H. The molecule has 17 aromatic rings. The highest BCUT2D eigenvalue weighted by molar-refractivity contribution is 7.19. The van der Waals surface area contributed by atoms with Crippen molar-refractivity contribution in [3.8, 4) is 28.2 Å². The zero-order chi connectivity index (χ0) is 53.9. The molecule has 0 spiro atoms. The van der Waals surface area contributed by atoms with Crippen LogP contribution >= 0.6 is 0 Å². The number of hydrogen-bond donors (Lipinski definition) is 0. The van der Waals surface area contributed by atoms with Crippen molar-refractivity contribution in [2.45, 2.75) is 0 Å². The molecule has 382 valence electrons. The summed E-state index contributed by atoms with van der Waals surface area (Å²) in [6, 6.07) is 116. The smallest absolute Gasteiger partial charge is 0.179 e. The lowest BCUT2D eigenvalue weighted by Crippen LogP contribution is -2.74. The van der Waals surface area contributed by atoms with Crippen LogP contribution in [0.5, 0.6) is 0 Å². The van der Waals surface area contributed by atoms with Gasteiger partial charge in [0.1, 0.15) is 0 Å². The monoisotopic (exact) mass is 1060 g/mol. The summed E-state index contributed by atoms with van der Waals surface area (Å²) in [6.07, 6.45) is 0. The lowest BCUT2D eigenvalue weighted by molar-refractivity contribution is 1.16. The number of hydrogen-bond acceptors (Lipinski definition) is 0. The maximum absolute atomic E-state index is 2.87. The van der Waals surface area contributed by atoms with Crippen LogP contribution in [0.2, 0.25) is 0 Å². The van der Waals surface area contributed by atoms with Crippen LogP contribution < -0.4 is 20.7 Å². The summed E-state index contributed by atoms with van der Waals surface area (Å²) in [4.78, 5) is 0. The van der Waals surface area contributed by atoms with Crippen LogP contribution in [0.25, 0.3) is 126 Å². The minimum Gasteiger partial charge on any atom is -0.309 e. The van der Waals surface area contributed by atoms with Crippen molar-refractivity contribution in [3.63, 3.8) is 0 Å². The Morgan fingerprint density at radius 1 is 0.183 bits per heavy atom. The molecule has 0 aliphatic carbocycles. The van der Waals surface area contributed by atoms with Gasteiger partial charge in [-0.2, -0.15) is 0 Å². The second-order valence-corrected chi connectivity index (χ2v) is 25.7. The Bertz CT molecular complexity index is 5240. The second kappa shape index (κ2) is 18.3. The van der Waals surface area contributed by atoms with Crippen molar-refractivity contribution < 1.29 is 0 Å². The van der Waals surface area contributed by atoms with Crippen LogP contribution in [0.15, 0.2) is 309 Å². The molecule has 17 rings (SSSR count). The maximum Gasteiger partial charge on any atom is 0.179 e. The second-order valence-electron chi connectivity index (χ2n) is 21.9. The fraction of sp³-hybridized carbons (Fsp3) is 0. The fourth-order valence-corrected chi connectivity index (χ4v) is 19.0. The van der Waals surface area contributed by atoms with Crippen molar-refractivity contribution in [1.82, 2.24) is 13.7 Å². The molecular formula is C78H51N3Si. The SMILES string of the molecule is c1ccc(-c2ccc([Si](c3ccccc3)(c3ccccc3)c3ccc(-n4c5ccc(-n6c7ccccc7c7cc(-n8c9ccccc9c9ccccc98)ccc76)cc5c5c6c7ccccc7c7ccccc7c6ccc54)cc3)cc2)cc1. The van der Waals surface area contributed by atoms with Crippen molar-refractivity contribution in [3.05, 3.63) is 309 Å². The van der Waals surface area contributed by atoms with Crippen LogP contribution in [0, 0.1) is 0 Å². The molecule has 3 heterocycles. The predicted octanol–water partition coefficient (Wildman–Crippen LogP) is 17.5. The highest BCUT2D eigenvalue weighted by Crippen LogP contribution is 2.45. The largest absolute Gasteiger partial charge is 0.309 e. The molecule has 3 nitrogen and oxygen atoms in total. The summed E-state index contributed by atoms with van der Waals surface area (Å²) in [5.74, 6) is 0. The zero-order valence-corrected chi connectivity index (χ0v) is 45.8. The van der Waals surface area contributed by atoms with Gasteiger partial charge in [0.15, 0.2) is 8.07 Å². The van der Waals surface area contributed by atoms with Crippen molar-refractivity contribution >= 4 is 127 Å². The van der Waals surface area contributed by atoms with E-state index in [9.17, 15) is 0 Å². The van der Waals surface area contributed by atoms with Gasteiger partial charge in [0.25, 0.3) is 0 Å². The van der Waals surface area contributed by atoms with E-state index in [1.165, 1.54) is 124 Å². The van der Waals surface area contributed by atoms with E-state index in [1.54, 1.807) is 0 Å². The number of benzene rings is 14. The molecule has 14 aromatic carbocycles. The van der Waals surface area contributed by atoms with Gasteiger partial charge in [0.05, 0.1) is 33.1 Å². The molecule has 0 N–H and O–H groups in total. The molecule has 0 atom stereocenters. The zero-order valence-electron chi connectivity index (χ0n) is 44.8. The average molecular weight is 1060 g/mol. The Labute approximate surface area is 475 Å². The van der Waals surface area contributed by atoms with E-state index in [1.807, 2.05) is 0 Å². The van der Waals surface area contributed by atoms with Gasteiger partial charge in [-0.25, -0.2) is 0 Å². The Morgan fingerprint density at radius 3 is 1.05 bits per heavy atom.